The van der Waals surface area contributed by atoms with Gasteiger partial charge in [-0.1, -0.05) is 41.9 Å². The van der Waals surface area contributed by atoms with E-state index in [0.29, 0.717) is 16.3 Å². The molecule has 0 radical (unpaired) electrons. The maximum absolute atomic E-state index is 12.6. The van der Waals surface area contributed by atoms with Gasteiger partial charge in [-0.15, -0.1) is 0 Å². The number of hydrogen-bond acceptors (Lipinski definition) is 5. The highest BCUT2D eigenvalue weighted by molar-refractivity contribution is 6.33. The number of oxazole rings is 1. The Morgan fingerprint density at radius 3 is 2.21 bits per heavy atom. The Bertz CT molecular complexity index is 1070. The van der Waals surface area contributed by atoms with Crippen molar-refractivity contribution < 1.29 is 18.8 Å². The van der Waals surface area contributed by atoms with Crippen molar-refractivity contribution in [3.63, 3.8) is 0 Å². The average molecular weight is 396 g/mol. The molecule has 0 aliphatic carbocycles. The first-order valence-corrected chi connectivity index (χ1v) is 8.83. The van der Waals surface area contributed by atoms with Crippen molar-refractivity contribution in [3.8, 4) is 11.3 Å². The van der Waals surface area contributed by atoms with Crippen LogP contribution in [0.4, 0.5) is 6.01 Å². The number of fused-ring (bicyclic) bond motifs is 1. The van der Waals surface area contributed by atoms with Crippen molar-refractivity contribution in [1.82, 2.24) is 9.88 Å². The Kier molecular flexibility index (Phi) is 4.44. The molecule has 1 atom stereocenters. The van der Waals surface area contributed by atoms with Crippen LogP contribution < -0.4 is 5.32 Å². The number of benzene rings is 2. The number of aromatic nitrogens is 1. The zero-order chi connectivity index (χ0) is 19.8. The van der Waals surface area contributed by atoms with Crippen LogP contribution in [0.2, 0.25) is 5.02 Å². The van der Waals surface area contributed by atoms with Gasteiger partial charge in [0.05, 0.1) is 16.1 Å². The van der Waals surface area contributed by atoms with E-state index in [1.165, 1.54) is 13.2 Å². The van der Waals surface area contributed by atoms with Crippen molar-refractivity contribution in [2.45, 2.75) is 13.0 Å². The van der Waals surface area contributed by atoms with E-state index >= 15 is 0 Å². The minimum absolute atomic E-state index is 0.0524. The molecule has 140 valence electrons. The van der Waals surface area contributed by atoms with E-state index < -0.39 is 23.8 Å². The van der Waals surface area contributed by atoms with E-state index in [4.69, 9.17) is 16.0 Å². The zero-order valence-electron chi connectivity index (χ0n) is 14.7. The molecule has 2 aromatic carbocycles. The number of carbonyl (C=O) groups is 3. The highest BCUT2D eigenvalue weighted by Crippen LogP contribution is 2.28. The van der Waals surface area contributed by atoms with Crippen molar-refractivity contribution in [3.05, 3.63) is 70.9 Å². The molecule has 0 saturated carbocycles. The second-order valence-electron chi connectivity index (χ2n) is 6.21. The van der Waals surface area contributed by atoms with Crippen LogP contribution in [0.15, 0.2) is 59.2 Å². The molecule has 1 aliphatic heterocycles. The van der Waals surface area contributed by atoms with Crippen LogP contribution in [-0.2, 0) is 4.79 Å². The summed E-state index contributed by atoms with van der Waals surface area (Å²) in [5, 5.41) is 2.98. The molecule has 1 N–H and O–H groups in total. The molecule has 3 aromatic rings. The summed E-state index contributed by atoms with van der Waals surface area (Å²) in [4.78, 5) is 42.7. The Morgan fingerprint density at radius 1 is 1.04 bits per heavy atom. The predicted octanol–water partition coefficient (Wildman–Crippen LogP) is 3.62. The smallest absolute Gasteiger partial charge is 0.301 e. The van der Waals surface area contributed by atoms with Gasteiger partial charge in [-0.25, -0.2) is 0 Å². The molecule has 0 spiro atoms. The molecule has 2 heterocycles. The molecule has 4 rings (SSSR count). The molecule has 8 heteroatoms. The summed E-state index contributed by atoms with van der Waals surface area (Å²) in [7, 11) is 0. The fraction of sp³-hybridized carbons (Fsp3) is 0.100. The van der Waals surface area contributed by atoms with Crippen LogP contribution in [-0.4, -0.2) is 33.6 Å². The van der Waals surface area contributed by atoms with Gasteiger partial charge in [0.2, 0.25) is 0 Å². The summed E-state index contributed by atoms with van der Waals surface area (Å²) < 4.78 is 5.28. The minimum Gasteiger partial charge on any atom is -0.431 e. The number of halogens is 1. The fourth-order valence-corrected chi connectivity index (χ4v) is 3.24. The number of amides is 3. The van der Waals surface area contributed by atoms with Crippen molar-refractivity contribution in [1.29, 1.82) is 0 Å². The first-order chi connectivity index (χ1) is 13.5. The van der Waals surface area contributed by atoms with Gasteiger partial charge in [0.25, 0.3) is 17.7 Å². The molecule has 1 aromatic heterocycles. The molecular formula is C20H14ClN3O4. The Labute approximate surface area is 164 Å². The summed E-state index contributed by atoms with van der Waals surface area (Å²) in [6.45, 7) is 1.47. The molecule has 28 heavy (non-hydrogen) atoms. The lowest BCUT2D eigenvalue weighted by molar-refractivity contribution is -0.119. The fourth-order valence-electron chi connectivity index (χ4n) is 3.01. The van der Waals surface area contributed by atoms with Crippen LogP contribution in [0.25, 0.3) is 11.3 Å². The predicted molar refractivity (Wildman–Crippen MR) is 102 cm³/mol. The normalized spacial score (nSPS) is 14.1. The number of imide groups is 1. The number of nitrogens with one attached hydrogen (secondary N) is 1. The molecule has 1 aliphatic rings. The lowest BCUT2D eigenvalue weighted by Gasteiger charge is -2.20. The van der Waals surface area contributed by atoms with Crippen LogP contribution in [0.1, 0.15) is 27.6 Å². The zero-order valence-corrected chi connectivity index (χ0v) is 15.4. The lowest BCUT2D eigenvalue weighted by Crippen LogP contribution is -2.45. The van der Waals surface area contributed by atoms with Crippen molar-refractivity contribution in [2.24, 2.45) is 0 Å². The van der Waals surface area contributed by atoms with E-state index in [2.05, 4.69) is 10.3 Å². The highest BCUT2D eigenvalue weighted by Gasteiger charge is 2.40. The second kappa shape index (κ2) is 6.94. The van der Waals surface area contributed by atoms with E-state index in [1.54, 1.807) is 48.5 Å². The van der Waals surface area contributed by atoms with Gasteiger partial charge >= 0.3 is 6.01 Å². The summed E-state index contributed by atoms with van der Waals surface area (Å²) in [6.07, 6.45) is 1.36. The van der Waals surface area contributed by atoms with E-state index in [-0.39, 0.29) is 17.1 Å². The summed E-state index contributed by atoms with van der Waals surface area (Å²) >= 11 is 6.14. The molecule has 7 nitrogen and oxygen atoms in total. The quantitative estimate of drug-likeness (QED) is 0.681. The maximum Gasteiger partial charge on any atom is 0.301 e. The SMILES string of the molecule is C[C@@H](C(=O)Nc1nc(-c2ccccc2Cl)co1)N1C(=O)c2ccccc2C1=O. The lowest BCUT2D eigenvalue weighted by atomic mass is 10.1. The van der Waals surface area contributed by atoms with Crippen LogP contribution in [0.3, 0.4) is 0 Å². The van der Waals surface area contributed by atoms with Gasteiger partial charge in [0.1, 0.15) is 18.0 Å². The Hall–Kier alpha value is -3.45. The minimum atomic E-state index is -1.04. The van der Waals surface area contributed by atoms with E-state index in [9.17, 15) is 14.4 Å². The first kappa shape index (κ1) is 17.9. The largest absolute Gasteiger partial charge is 0.431 e. The number of nitrogens with zero attached hydrogens (tertiary/aromatic N) is 2. The van der Waals surface area contributed by atoms with Gasteiger partial charge in [0.15, 0.2) is 0 Å². The Balaban J connectivity index is 1.51. The van der Waals surface area contributed by atoms with Crippen LogP contribution >= 0.6 is 11.6 Å². The topological polar surface area (TPSA) is 92.5 Å². The van der Waals surface area contributed by atoms with Crippen molar-refractivity contribution in [2.75, 3.05) is 5.32 Å². The second-order valence-corrected chi connectivity index (χ2v) is 6.62. The number of rotatable bonds is 4. The average Bonchev–Trinajstić information content (AvgIpc) is 3.25. The van der Waals surface area contributed by atoms with E-state index in [1.807, 2.05) is 0 Å². The number of anilines is 1. The van der Waals surface area contributed by atoms with Gasteiger partial charge in [-0.2, -0.15) is 4.98 Å². The third-order valence-corrected chi connectivity index (χ3v) is 4.81. The van der Waals surface area contributed by atoms with Gasteiger partial charge in [-0.05, 0) is 25.1 Å². The van der Waals surface area contributed by atoms with Crippen LogP contribution in [0.5, 0.6) is 0 Å². The van der Waals surface area contributed by atoms with Gasteiger partial charge < -0.3 is 4.42 Å². The third-order valence-electron chi connectivity index (χ3n) is 4.48. The molecule has 0 saturated heterocycles. The van der Waals surface area contributed by atoms with E-state index in [0.717, 1.165) is 4.90 Å². The Morgan fingerprint density at radius 2 is 1.61 bits per heavy atom. The highest BCUT2D eigenvalue weighted by atomic mass is 35.5. The molecular weight excluding hydrogens is 382 g/mol. The maximum atomic E-state index is 12.6. The molecule has 0 bridgehead atoms. The molecule has 0 fully saturated rings. The summed E-state index contributed by atoms with van der Waals surface area (Å²) in [5.41, 5.74) is 1.67. The molecule has 0 unspecified atom stereocenters. The van der Waals surface area contributed by atoms with Crippen molar-refractivity contribution >= 4 is 35.3 Å². The van der Waals surface area contributed by atoms with Gasteiger partial charge in [-0.3, -0.25) is 24.6 Å². The third kappa shape index (κ3) is 2.95. The standard InChI is InChI=1S/C20H14ClN3O4/c1-11(24-18(26)12-6-2-3-7-13(12)19(24)27)17(25)23-20-22-16(10-28-20)14-8-4-5-9-15(14)21/h2-11H,1H3,(H,22,23,25)/t11-/m0/s1. The number of carbonyl (C=O) groups excluding carboxylic acids is 3. The number of hydrogen-bond donors (Lipinski definition) is 1. The molecule has 3 amide bonds. The summed E-state index contributed by atoms with van der Waals surface area (Å²) in [6, 6.07) is 12.4. The van der Waals surface area contributed by atoms with Gasteiger partial charge in [0, 0.05) is 5.56 Å². The monoisotopic (exact) mass is 395 g/mol. The first-order valence-electron chi connectivity index (χ1n) is 8.45. The van der Waals surface area contributed by atoms with Crippen LogP contribution in [0, 0.1) is 0 Å². The summed E-state index contributed by atoms with van der Waals surface area (Å²) in [5.74, 6) is -1.61.